The van der Waals surface area contributed by atoms with Gasteiger partial charge < -0.3 is 14.7 Å². The Kier molecular flexibility index (Phi) is 7.94. The molecule has 0 atom stereocenters. The maximum Gasteiger partial charge on any atom is 0.208 e. The summed E-state index contributed by atoms with van der Waals surface area (Å²) in [7, 11) is -1.63. The zero-order valence-corrected chi connectivity index (χ0v) is 19.7. The van der Waals surface area contributed by atoms with E-state index in [0.717, 1.165) is 69.9 Å². The molecule has 2 aromatic rings. The molecule has 7 heteroatoms. The van der Waals surface area contributed by atoms with E-state index in [9.17, 15) is 12.8 Å². The number of likely N-dealkylation sites (N-methyl/N-ethyl adjacent to an activating group) is 1. The molecule has 5 nitrogen and oxygen atoms in total. The van der Waals surface area contributed by atoms with Gasteiger partial charge in [0, 0.05) is 38.4 Å². The number of hydrogen-bond donors (Lipinski definition) is 0. The first-order chi connectivity index (χ1) is 14.9. The molecule has 1 fully saturated rings. The van der Waals surface area contributed by atoms with E-state index < -0.39 is 15.7 Å². The lowest BCUT2D eigenvalue weighted by atomic mass is 10.2. The zero-order valence-electron chi connectivity index (χ0n) is 18.8. The minimum Gasteiger partial charge on any atom is -0.370 e. The van der Waals surface area contributed by atoms with Gasteiger partial charge >= 0.3 is 0 Å². The first-order valence-electron chi connectivity index (χ1n) is 11.2. The lowest BCUT2D eigenvalue weighted by Crippen LogP contribution is -2.30. The molecule has 2 aromatic carbocycles. The van der Waals surface area contributed by atoms with Gasteiger partial charge in [-0.05, 0) is 75.3 Å². The third kappa shape index (κ3) is 5.57. The average Bonchev–Trinajstić information content (AvgIpc) is 2.98. The van der Waals surface area contributed by atoms with Gasteiger partial charge in [-0.15, -0.1) is 0 Å². The lowest BCUT2D eigenvalue weighted by Gasteiger charge is -2.29. The van der Waals surface area contributed by atoms with E-state index in [-0.39, 0.29) is 9.79 Å². The van der Waals surface area contributed by atoms with E-state index in [0.29, 0.717) is 0 Å². The molecule has 1 saturated heterocycles. The van der Waals surface area contributed by atoms with Crippen LogP contribution in [0.1, 0.15) is 33.1 Å². The van der Waals surface area contributed by atoms with Gasteiger partial charge in [0.2, 0.25) is 9.84 Å². The molecule has 0 unspecified atom stereocenters. The standard InChI is InChI=1S/C24H34FN3O2S/c1-4-13-28(14-5-2)23-19-21(27-16-6-15-26(3)17-18-27)9-12-24(23)31(29,30)22-10-7-20(25)8-11-22/h7-12,19H,4-6,13-18H2,1-3H3. The molecule has 0 spiro atoms. The second kappa shape index (κ2) is 10.5. The Bertz CT molecular complexity index is 957. The fourth-order valence-corrected chi connectivity index (χ4v) is 5.57. The number of rotatable bonds is 8. The van der Waals surface area contributed by atoms with Gasteiger partial charge in [-0.25, -0.2) is 12.8 Å². The van der Waals surface area contributed by atoms with Crippen molar-refractivity contribution >= 4 is 21.2 Å². The first kappa shape index (κ1) is 23.5. The van der Waals surface area contributed by atoms with Crippen molar-refractivity contribution in [3.63, 3.8) is 0 Å². The van der Waals surface area contributed by atoms with Gasteiger partial charge in [-0.1, -0.05) is 13.8 Å². The summed E-state index contributed by atoms with van der Waals surface area (Å²) < 4.78 is 40.4. The van der Waals surface area contributed by atoms with Crippen LogP contribution in [0.2, 0.25) is 0 Å². The summed E-state index contributed by atoms with van der Waals surface area (Å²) in [5.41, 5.74) is 1.80. The molecule has 0 aliphatic carbocycles. The van der Waals surface area contributed by atoms with Crippen LogP contribution in [0, 0.1) is 5.82 Å². The van der Waals surface area contributed by atoms with Crippen molar-refractivity contribution in [1.29, 1.82) is 0 Å². The molecule has 1 heterocycles. The molecule has 0 N–H and O–H groups in total. The van der Waals surface area contributed by atoms with E-state index in [1.165, 1.54) is 24.3 Å². The van der Waals surface area contributed by atoms with E-state index in [1.54, 1.807) is 6.07 Å². The second-order valence-electron chi connectivity index (χ2n) is 8.24. The molecule has 0 amide bonds. The van der Waals surface area contributed by atoms with Crippen molar-refractivity contribution < 1.29 is 12.8 Å². The number of anilines is 2. The van der Waals surface area contributed by atoms with E-state index in [2.05, 4.69) is 35.6 Å². The molecule has 1 aliphatic rings. The van der Waals surface area contributed by atoms with Crippen LogP contribution in [-0.2, 0) is 9.84 Å². The molecule has 0 aromatic heterocycles. The minimum atomic E-state index is -3.77. The Morgan fingerprint density at radius 2 is 1.61 bits per heavy atom. The van der Waals surface area contributed by atoms with E-state index >= 15 is 0 Å². The molecule has 1 aliphatic heterocycles. The van der Waals surface area contributed by atoms with Crippen molar-refractivity contribution in [2.75, 3.05) is 56.1 Å². The van der Waals surface area contributed by atoms with Crippen molar-refractivity contribution in [1.82, 2.24) is 4.90 Å². The van der Waals surface area contributed by atoms with Gasteiger partial charge in [0.15, 0.2) is 0 Å². The Hall–Kier alpha value is -2.12. The number of hydrogen-bond acceptors (Lipinski definition) is 5. The molecular weight excluding hydrogens is 413 g/mol. The zero-order chi connectivity index (χ0) is 22.4. The predicted octanol–water partition coefficient (Wildman–Crippen LogP) is 4.43. The fourth-order valence-electron chi connectivity index (χ4n) is 4.11. The van der Waals surface area contributed by atoms with Crippen LogP contribution in [0.3, 0.4) is 0 Å². The predicted molar refractivity (Wildman–Crippen MR) is 125 cm³/mol. The van der Waals surface area contributed by atoms with Crippen LogP contribution in [0.5, 0.6) is 0 Å². The highest BCUT2D eigenvalue weighted by molar-refractivity contribution is 7.91. The summed E-state index contributed by atoms with van der Waals surface area (Å²) in [5, 5.41) is 0. The van der Waals surface area contributed by atoms with Crippen LogP contribution in [0.15, 0.2) is 52.3 Å². The summed E-state index contributed by atoms with van der Waals surface area (Å²) in [4.78, 5) is 7.25. The van der Waals surface area contributed by atoms with Crippen LogP contribution in [-0.4, -0.2) is 59.6 Å². The van der Waals surface area contributed by atoms with Crippen LogP contribution < -0.4 is 9.80 Å². The number of halogens is 1. The summed E-state index contributed by atoms with van der Waals surface area (Å²) >= 11 is 0. The highest BCUT2D eigenvalue weighted by Gasteiger charge is 2.25. The highest BCUT2D eigenvalue weighted by Crippen LogP contribution is 2.34. The Morgan fingerprint density at radius 1 is 0.935 bits per heavy atom. The van der Waals surface area contributed by atoms with Crippen molar-refractivity contribution in [2.24, 2.45) is 0 Å². The maximum atomic E-state index is 13.5. The molecule has 0 saturated carbocycles. The van der Waals surface area contributed by atoms with Gasteiger partial charge in [-0.3, -0.25) is 0 Å². The molecule has 0 radical (unpaired) electrons. The monoisotopic (exact) mass is 447 g/mol. The largest absolute Gasteiger partial charge is 0.370 e. The van der Waals surface area contributed by atoms with Crippen molar-refractivity contribution in [3.05, 3.63) is 48.3 Å². The van der Waals surface area contributed by atoms with Crippen LogP contribution in [0.4, 0.5) is 15.8 Å². The summed E-state index contributed by atoms with van der Waals surface area (Å²) in [5.74, 6) is -0.445. The molecular formula is C24H34FN3O2S. The Balaban J connectivity index is 2.08. The topological polar surface area (TPSA) is 43.9 Å². The fraction of sp³-hybridized carbons (Fsp3) is 0.500. The van der Waals surface area contributed by atoms with Crippen molar-refractivity contribution in [3.8, 4) is 0 Å². The van der Waals surface area contributed by atoms with E-state index in [1.807, 2.05) is 12.1 Å². The first-order valence-corrected chi connectivity index (χ1v) is 12.7. The number of benzene rings is 2. The average molecular weight is 448 g/mol. The molecule has 3 rings (SSSR count). The molecule has 170 valence electrons. The second-order valence-corrected chi connectivity index (χ2v) is 10.2. The maximum absolute atomic E-state index is 13.5. The Morgan fingerprint density at radius 3 is 2.26 bits per heavy atom. The summed E-state index contributed by atoms with van der Waals surface area (Å²) in [6, 6.07) is 10.8. The highest BCUT2D eigenvalue weighted by atomic mass is 32.2. The minimum absolute atomic E-state index is 0.118. The van der Waals surface area contributed by atoms with Crippen molar-refractivity contribution in [2.45, 2.75) is 42.9 Å². The number of nitrogens with zero attached hydrogens (tertiary/aromatic N) is 3. The smallest absolute Gasteiger partial charge is 0.208 e. The lowest BCUT2D eigenvalue weighted by molar-refractivity contribution is 0.360. The number of sulfone groups is 1. The normalized spacial score (nSPS) is 15.7. The molecule has 31 heavy (non-hydrogen) atoms. The van der Waals surface area contributed by atoms with Gasteiger partial charge in [0.25, 0.3) is 0 Å². The third-order valence-corrected chi connectivity index (χ3v) is 7.59. The third-order valence-electron chi connectivity index (χ3n) is 5.77. The van der Waals surface area contributed by atoms with Gasteiger partial charge in [0.1, 0.15) is 5.82 Å². The van der Waals surface area contributed by atoms with E-state index in [4.69, 9.17) is 0 Å². The van der Waals surface area contributed by atoms with Crippen LogP contribution >= 0.6 is 0 Å². The Labute approximate surface area is 186 Å². The van der Waals surface area contributed by atoms with Crippen LogP contribution in [0.25, 0.3) is 0 Å². The van der Waals surface area contributed by atoms with Gasteiger partial charge in [0.05, 0.1) is 15.5 Å². The molecule has 0 bridgehead atoms. The summed E-state index contributed by atoms with van der Waals surface area (Å²) in [6.45, 7) is 9.70. The van der Waals surface area contributed by atoms with Gasteiger partial charge in [-0.2, -0.15) is 0 Å². The SMILES string of the molecule is CCCN(CCC)c1cc(N2CCCN(C)CC2)ccc1S(=O)(=O)c1ccc(F)cc1. The summed E-state index contributed by atoms with van der Waals surface area (Å²) in [6.07, 6.45) is 2.93. The quantitative estimate of drug-likeness (QED) is 0.560.